The van der Waals surface area contributed by atoms with Crippen LogP contribution < -0.4 is 0 Å². The lowest BCUT2D eigenvalue weighted by Gasteiger charge is -2.07. The van der Waals surface area contributed by atoms with Crippen LogP contribution in [-0.2, 0) is 11.2 Å². The predicted molar refractivity (Wildman–Crippen MR) is 57.1 cm³/mol. The molecule has 0 N–H and O–H groups in total. The van der Waals surface area contributed by atoms with Crippen LogP contribution in [0.2, 0.25) is 0 Å². The summed E-state index contributed by atoms with van der Waals surface area (Å²) in [5.41, 5.74) is 1.13. The largest absolute Gasteiger partial charge is 0.385 e. The van der Waals surface area contributed by atoms with Crippen LogP contribution >= 0.6 is 15.9 Å². The summed E-state index contributed by atoms with van der Waals surface area (Å²) in [6.45, 7) is 0.794. The van der Waals surface area contributed by atoms with Crippen LogP contribution in [0.4, 0.5) is 0 Å². The molecule has 0 fully saturated rings. The van der Waals surface area contributed by atoms with Crippen LogP contribution in [0.3, 0.4) is 0 Å². The van der Waals surface area contributed by atoms with Gasteiger partial charge in [0.15, 0.2) is 0 Å². The fourth-order valence-electron chi connectivity index (χ4n) is 1.09. The lowest BCUT2D eigenvalue weighted by Crippen LogP contribution is -2.07. The van der Waals surface area contributed by atoms with E-state index in [1.165, 1.54) is 0 Å². The normalized spacial score (nSPS) is 12.8. The van der Waals surface area contributed by atoms with Gasteiger partial charge in [-0.15, -0.1) is 0 Å². The summed E-state index contributed by atoms with van der Waals surface area (Å²) >= 11 is 3.60. The van der Waals surface area contributed by atoms with Gasteiger partial charge in [0.1, 0.15) is 0 Å². The van der Waals surface area contributed by atoms with E-state index >= 15 is 0 Å². The molecule has 2 nitrogen and oxygen atoms in total. The number of alkyl halides is 1. The molecule has 1 heterocycles. The van der Waals surface area contributed by atoms with E-state index in [9.17, 15) is 0 Å². The molecule has 0 bridgehead atoms. The zero-order chi connectivity index (χ0) is 9.52. The number of rotatable bonds is 5. The fraction of sp³-hybridized carbons (Fsp3) is 0.500. The van der Waals surface area contributed by atoms with Crippen molar-refractivity contribution in [3.8, 4) is 0 Å². The van der Waals surface area contributed by atoms with Gasteiger partial charge in [-0.2, -0.15) is 0 Å². The first-order valence-corrected chi connectivity index (χ1v) is 5.27. The van der Waals surface area contributed by atoms with Crippen molar-refractivity contribution < 1.29 is 4.74 Å². The molecule has 13 heavy (non-hydrogen) atoms. The molecule has 0 aliphatic carbocycles. The maximum Gasteiger partial charge on any atom is 0.0473 e. The van der Waals surface area contributed by atoms with Gasteiger partial charge in [0.05, 0.1) is 0 Å². The van der Waals surface area contributed by atoms with Crippen LogP contribution in [0.1, 0.15) is 12.1 Å². The number of nitrogens with zero attached hydrogens (tertiary/aromatic N) is 1. The fourth-order valence-corrected chi connectivity index (χ4v) is 1.61. The third-order valence-electron chi connectivity index (χ3n) is 1.79. The quantitative estimate of drug-likeness (QED) is 0.742. The van der Waals surface area contributed by atoms with E-state index < -0.39 is 0 Å². The van der Waals surface area contributed by atoms with Crippen molar-refractivity contribution in [3.05, 3.63) is 30.1 Å². The molecule has 0 radical (unpaired) electrons. The number of hydrogen-bond acceptors (Lipinski definition) is 2. The second kappa shape index (κ2) is 6.11. The zero-order valence-corrected chi connectivity index (χ0v) is 9.33. The average Bonchev–Trinajstić information content (AvgIpc) is 2.16. The maximum atomic E-state index is 5.00. The minimum Gasteiger partial charge on any atom is -0.385 e. The zero-order valence-electron chi connectivity index (χ0n) is 7.74. The van der Waals surface area contributed by atoms with E-state index in [-0.39, 0.29) is 0 Å². The molecule has 1 aromatic rings. The van der Waals surface area contributed by atoms with Crippen molar-refractivity contribution in [3.63, 3.8) is 0 Å². The molecule has 0 aliphatic heterocycles. The number of hydrogen-bond donors (Lipinski definition) is 0. The van der Waals surface area contributed by atoms with E-state index in [0.29, 0.717) is 4.83 Å². The van der Waals surface area contributed by atoms with Crippen LogP contribution in [0, 0.1) is 0 Å². The minimum absolute atomic E-state index is 0.461. The Morgan fingerprint density at radius 2 is 2.38 bits per heavy atom. The van der Waals surface area contributed by atoms with Gasteiger partial charge < -0.3 is 4.74 Å². The average molecular weight is 244 g/mol. The van der Waals surface area contributed by atoms with Crippen LogP contribution in [0.25, 0.3) is 0 Å². The first-order valence-electron chi connectivity index (χ1n) is 4.36. The van der Waals surface area contributed by atoms with Crippen LogP contribution in [0.15, 0.2) is 24.4 Å². The van der Waals surface area contributed by atoms with Gasteiger partial charge in [-0.05, 0) is 18.6 Å². The Morgan fingerprint density at radius 1 is 1.54 bits per heavy atom. The van der Waals surface area contributed by atoms with Crippen molar-refractivity contribution in [2.24, 2.45) is 0 Å². The third-order valence-corrected chi connectivity index (χ3v) is 2.57. The molecule has 1 unspecified atom stereocenters. The van der Waals surface area contributed by atoms with Crippen molar-refractivity contribution in [1.29, 1.82) is 0 Å². The lowest BCUT2D eigenvalue weighted by molar-refractivity contribution is 0.194. The molecule has 1 aromatic heterocycles. The van der Waals surface area contributed by atoms with E-state index in [0.717, 1.165) is 25.1 Å². The van der Waals surface area contributed by atoms with Gasteiger partial charge in [-0.1, -0.05) is 22.0 Å². The monoisotopic (exact) mass is 243 g/mol. The van der Waals surface area contributed by atoms with Crippen molar-refractivity contribution in [2.45, 2.75) is 17.7 Å². The minimum atomic E-state index is 0.461. The summed E-state index contributed by atoms with van der Waals surface area (Å²) in [7, 11) is 1.72. The Kier molecular flexibility index (Phi) is 5.01. The molecular weight excluding hydrogens is 230 g/mol. The molecule has 0 amide bonds. The van der Waals surface area contributed by atoms with Crippen molar-refractivity contribution >= 4 is 15.9 Å². The van der Waals surface area contributed by atoms with Gasteiger partial charge in [0.2, 0.25) is 0 Å². The Labute approximate surface area is 87.5 Å². The second-order valence-electron chi connectivity index (χ2n) is 2.90. The molecule has 0 spiro atoms. The molecule has 0 saturated heterocycles. The smallest absolute Gasteiger partial charge is 0.0473 e. The van der Waals surface area contributed by atoms with Crippen LogP contribution in [0.5, 0.6) is 0 Å². The van der Waals surface area contributed by atoms with E-state index in [1.807, 2.05) is 24.4 Å². The Bertz CT molecular complexity index is 228. The highest BCUT2D eigenvalue weighted by atomic mass is 79.9. The molecule has 0 saturated carbocycles. The highest BCUT2D eigenvalue weighted by molar-refractivity contribution is 9.09. The Morgan fingerprint density at radius 3 is 3.00 bits per heavy atom. The first-order chi connectivity index (χ1) is 6.33. The van der Waals surface area contributed by atoms with Gasteiger partial charge in [0.25, 0.3) is 0 Å². The molecule has 0 aromatic carbocycles. The number of methoxy groups -OCH3 is 1. The van der Waals surface area contributed by atoms with Gasteiger partial charge in [-0.25, -0.2) is 0 Å². The van der Waals surface area contributed by atoms with Crippen molar-refractivity contribution in [1.82, 2.24) is 4.98 Å². The molecule has 1 atom stereocenters. The molecule has 72 valence electrons. The predicted octanol–water partition coefficient (Wildman–Crippen LogP) is 2.42. The highest BCUT2D eigenvalue weighted by Gasteiger charge is 2.05. The summed E-state index contributed by atoms with van der Waals surface area (Å²) in [5.74, 6) is 0. The lowest BCUT2D eigenvalue weighted by atomic mass is 10.2. The Balaban J connectivity index is 2.32. The number of pyridine rings is 1. The molecule has 0 aliphatic rings. The standard InChI is InChI=1S/C10H14BrNO/c1-13-7-5-9(11)8-10-4-2-3-6-12-10/h2-4,6,9H,5,7-8H2,1H3. The van der Waals surface area contributed by atoms with Gasteiger partial charge >= 0.3 is 0 Å². The van der Waals surface area contributed by atoms with E-state index in [1.54, 1.807) is 7.11 Å². The van der Waals surface area contributed by atoms with Gasteiger partial charge in [-0.3, -0.25) is 4.98 Å². The van der Waals surface area contributed by atoms with Crippen LogP contribution in [-0.4, -0.2) is 23.5 Å². The molecule has 1 rings (SSSR count). The Hall–Kier alpha value is -0.410. The first kappa shape index (κ1) is 10.7. The van der Waals surface area contributed by atoms with Gasteiger partial charge in [0, 0.05) is 36.9 Å². The topological polar surface area (TPSA) is 22.1 Å². The van der Waals surface area contributed by atoms with Crippen molar-refractivity contribution in [2.75, 3.05) is 13.7 Å². The highest BCUT2D eigenvalue weighted by Crippen LogP contribution is 2.11. The number of halogens is 1. The molecular formula is C10H14BrNO. The third kappa shape index (κ3) is 4.39. The maximum absolute atomic E-state index is 5.00. The number of ether oxygens (including phenoxy) is 1. The summed E-state index contributed by atoms with van der Waals surface area (Å²) < 4.78 is 5.00. The summed E-state index contributed by atoms with van der Waals surface area (Å²) in [6.07, 6.45) is 3.81. The second-order valence-corrected chi connectivity index (χ2v) is 4.20. The SMILES string of the molecule is COCCC(Br)Cc1ccccn1. The van der Waals surface area contributed by atoms with E-state index in [2.05, 4.69) is 20.9 Å². The summed E-state index contributed by atoms with van der Waals surface area (Å²) in [6, 6.07) is 5.99. The summed E-state index contributed by atoms with van der Waals surface area (Å²) in [5, 5.41) is 0. The number of aromatic nitrogens is 1. The molecule has 3 heteroatoms. The van der Waals surface area contributed by atoms with E-state index in [4.69, 9.17) is 4.74 Å². The summed E-state index contributed by atoms with van der Waals surface area (Å²) in [4.78, 5) is 4.72.